The van der Waals surface area contributed by atoms with E-state index in [-0.39, 0.29) is 5.41 Å². The summed E-state index contributed by atoms with van der Waals surface area (Å²) in [4.78, 5) is 16.5. The Morgan fingerprint density at radius 3 is 2.62 bits per heavy atom. The normalized spacial score (nSPS) is 18.6. The summed E-state index contributed by atoms with van der Waals surface area (Å²) in [7, 11) is 0. The van der Waals surface area contributed by atoms with Crippen LogP contribution in [-0.4, -0.2) is 11.3 Å². The first-order valence-corrected chi connectivity index (χ1v) is 5.36. The molecule has 0 atom stereocenters. The molecule has 1 aliphatic carbocycles. The Morgan fingerprint density at radius 2 is 2.23 bits per heavy atom. The SMILES string of the molecule is Cc1nc(CC2(C=O)CC2)c(C)s1. The number of hydrogen-bond acceptors (Lipinski definition) is 3. The van der Waals surface area contributed by atoms with E-state index in [9.17, 15) is 4.79 Å². The van der Waals surface area contributed by atoms with Crippen molar-refractivity contribution in [2.75, 3.05) is 0 Å². The molecule has 0 aromatic carbocycles. The lowest BCUT2D eigenvalue weighted by atomic mass is 10.0. The van der Waals surface area contributed by atoms with Gasteiger partial charge in [0, 0.05) is 16.7 Å². The highest BCUT2D eigenvalue weighted by atomic mass is 32.1. The van der Waals surface area contributed by atoms with Crippen molar-refractivity contribution in [3.63, 3.8) is 0 Å². The van der Waals surface area contributed by atoms with E-state index in [2.05, 4.69) is 11.9 Å². The minimum atomic E-state index is -0.0364. The number of aryl methyl sites for hydroxylation is 2. The third-order valence-electron chi connectivity index (χ3n) is 2.66. The monoisotopic (exact) mass is 195 g/mol. The number of thiazole rings is 1. The maximum Gasteiger partial charge on any atom is 0.126 e. The van der Waals surface area contributed by atoms with Crippen LogP contribution < -0.4 is 0 Å². The molecule has 0 aliphatic heterocycles. The first-order chi connectivity index (χ1) is 6.15. The zero-order valence-corrected chi connectivity index (χ0v) is 8.78. The van der Waals surface area contributed by atoms with Gasteiger partial charge in [-0.1, -0.05) is 0 Å². The zero-order valence-electron chi connectivity index (χ0n) is 7.96. The fourth-order valence-corrected chi connectivity index (χ4v) is 2.40. The van der Waals surface area contributed by atoms with Crippen molar-refractivity contribution >= 4 is 17.6 Å². The van der Waals surface area contributed by atoms with Gasteiger partial charge in [-0.15, -0.1) is 11.3 Å². The molecule has 1 aromatic rings. The molecular formula is C10H13NOS. The topological polar surface area (TPSA) is 30.0 Å². The maximum absolute atomic E-state index is 10.8. The Labute approximate surface area is 82.0 Å². The Kier molecular flexibility index (Phi) is 1.99. The summed E-state index contributed by atoms with van der Waals surface area (Å²) in [6.45, 7) is 4.10. The quantitative estimate of drug-likeness (QED) is 0.693. The molecule has 2 nitrogen and oxygen atoms in total. The zero-order chi connectivity index (χ0) is 9.47. The molecule has 1 fully saturated rings. The number of aromatic nitrogens is 1. The maximum atomic E-state index is 10.8. The summed E-state index contributed by atoms with van der Waals surface area (Å²) in [5.74, 6) is 0. The van der Waals surface area contributed by atoms with E-state index in [4.69, 9.17) is 0 Å². The highest BCUT2D eigenvalue weighted by Gasteiger charge is 2.43. The molecular weight excluding hydrogens is 182 g/mol. The van der Waals surface area contributed by atoms with Gasteiger partial charge in [0.05, 0.1) is 10.7 Å². The van der Waals surface area contributed by atoms with Gasteiger partial charge in [-0.25, -0.2) is 4.98 Å². The summed E-state index contributed by atoms with van der Waals surface area (Å²) in [5.41, 5.74) is 1.10. The second-order valence-corrected chi connectivity index (χ2v) is 5.30. The van der Waals surface area contributed by atoms with Crippen LogP contribution in [0.25, 0.3) is 0 Å². The van der Waals surface area contributed by atoms with Gasteiger partial charge in [-0.3, -0.25) is 0 Å². The van der Waals surface area contributed by atoms with Crippen LogP contribution in [0.15, 0.2) is 0 Å². The van der Waals surface area contributed by atoms with Gasteiger partial charge in [-0.05, 0) is 26.7 Å². The smallest absolute Gasteiger partial charge is 0.126 e. The molecule has 1 aliphatic rings. The third kappa shape index (κ3) is 1.66. The molecule has 2 rings (SSSR count). The van der Waals surface area contributed by atoms with E-state index in [1.807, 2.05) is 6.92 Å². The highest BCUT2D eigenvalue weighted by molar-refractivity contribution is 7.11. The first kappa shape index (κ1) is 8.88. The average Bonchev–Trinajstić information content (AvgIpc) is 2.77. The molecule has 0 spiro atoms. The molecule has 0 bridgehead atoms. The molecule has 0 unspecified atom stereocenters. The van der Waals surface area contributed by atoms with Gasteiger partial charge in [0.15, 0.2) is 0 Å². The largest absolute Gasteiger partial charge is 0.303 e. The molecule has 3 heteroatoms. The number of carbonyl (C=O) groups is 1. The summed E-state index contributed by atoms with van der Waals surface area (Å²) in [6, 6.07) is 0. The van der Waals surface area contributed by atoms with E-state index in [1.165, 1.54) is 4.88 Å². The molecule has 1 saturated carbocycles. The van der Waals surface area contributed by atoms with Crippen molar-refractivity contribution in [3.8, 4) is 0 Å². The number of carbonyl (C=O) groups excluding carboxylic acids is 1. The van der Waals surface area contributed by atoms with Crippen LogP contribution in [0.4, 0.5) is 0 Å². The lowest BCUT2D eigenvalue weighted by Crippen LogP contribution is -2.07. The summed E-state index contributed by atoms with van der Waals surface area (Å²) in [5, 5.41) is 1.11. The second kappa shape index (κ2) is 2.91. The van der Waals surface area contributed by atoms with Crippen molar-refractivity contribution in [2.24, 2.45) is 5.41 Å². The van der Waals surface area contributed by atoms with Gasteiger partial charge in [-0.2, -0.15) is 0 Å². The van der Waals surface area contributed by atoms with E-state index in [0.717, 1.165) is 36.3 Å². The van der Waals surface area contributed by atoms with Gasteiger partial charge in [0.25, 0.3) is 0 Å². The lowest BCUT2D eigenvalue weighted by molar-refractivity contribution is -0.112. The van der Waals surface area contributed by atoms with Crippen LogP contribution in [-0.2, 0) is 11.2 Å². The van der Waals surface area contributed by atoms with Crippen molar-refractivity contribution in [1.82, 2.24) is 4.98 Å². The standard InChI is InChI=1S/C10H13NOS/c1-7-9(11-8(2)13-7)5-10(6-12)3-4-10/h6H,3-5H2,1-2H3. The molecule has 0 N–H and O–H groups in total. The van der Waals surface area contributed by atoms with Crippen LogP contribution in [0.1, 0.15) is 28.4 Å². The van der Waals surface area contributed by atoms with Crippen LogP contribution in [0.5, 0.6) is 0 Å². The summed E-state index contributed by atoms with van der Waals surface area (Å²) >= 11 is 1.72. The molecule has 1 heterocycles. The minimum absolute atomic E-state index is 0.0364. The average molecular weight is 195 g/mol. The summed E-state index contributed by atoms with van der Waals surface area (Å²) in [6.07, 6.45) is 4.06. The minimum Gasteiger partial charge on any atom is -0.303 e. The first-order valence-electron chi connectivity index (χ1n) is 4.54. The lowest BCUT2D eigenvalue weighted by Gasteiger charge is -2.03. The number of rotatable bonds is 3. The van der Waals surface area contributed by atoms with Gasteiger partial charge in [0.1, 0.15) is 6.29 Å². The predicted molar refractivity (Wildman–Crippen MR) is 53.0 cm³/mol. The van der Waals surface area contributed by atoms with Crippen LogP contribution in [0.2, 0.25) is 0 Å². The van der Waals surface area contributed by atoms with E-state index in [1.54, 1.807) is 11.3 Å². The highest BCUT2D eigenvalue weighted by Crippen LogP contribution is 2.46. The molecule has 0 amide bonds. The van der Waals surface area contributed by atoms with Crippen LogP contribution >= 0.6 is 11.3 Å². The van der Waals surface area contributed by atoms with Crippen molar-refractivity contribution in [1.29, 1.82) is 0 Å². The Hall–Kier alpha value is -0.700. The fourth-order valence-electron chi connectivity index (χ4n) is 1.57. The van der Waals surface area contributed by atoms with E-state index < -0.39 is 0 Å². The van der Waals surface area contributed by atoms with Gasteiger partial charge < -0.3 is 4.79 Å². The predicted octanol–water partition coefficient (Wildman–Crippen LogP) is 2.28. The van der Waals surface area contributed by atoms with E-state index in [0.29, 0.717) is 0 Å². The molecule has 70 valence electrons. The molecule has 0 radical (unpaired) electrons. The van der Waals surface area contributed by atoms with Gasteiger partial charge in [0.2, 0.25) is 0 Å². The molecule has 1 aromatic heterocycles. The third-order valence-corrected chi connectivity index (χ3v) is 3.59. The van der Waals surface area contributed by atoms with Crippen molar-refractivity contribution < 1.29 is 4.79 Å². The molecule has 0 saturated heterocycles. The fraction of sp³-hybridized carbons (Fsp3) is 0.600. The van der Waals surface area contributed by atoms with Crippen LogP contribution in [0.3, 0.4) is 0 Å². The Bertz CT molecular complexity index is 339. The van der Waals surface area contributed by atoms with E-state index >= 15 is 0 Å². The van der Waals surface area contributed by atoms with Gasteiger partial charge >= 0.3 is 0 Å². The van der Waals surface area contributed by atoms with Crippen molar-refractivity contribution in [3.05, 3.63) is 15.6 Å². The Balaban J connectivity index is 2.18. The number of aldehydes is 1. The summed E-state index contributed by atoms with van der Waals surface area (Å²) < 4.78 is 0. The second-order valence-electron chi connectivity index (χ2n) is 3.89. The number of hydrogen-bond donors (Lipinski definition) is 0. The number of nitrogens with zero attached hydrogens (tertiary/aromatic N) is 1. The van der Waals surface area contributed by atoms with Crippen LogP contribution in [0, 0.1) is 19.3 Å². The van der Waals surface area contributed by atoms with Crippen molar-refractivity contribution in [2.45, 2.75) is 33.1 Å². The molecule has 13 heavy (non-hydrogen) atoms. The Morgan fingerprint density at radius 1 is 1.54 bits per heavy atom.